The van der Waals surface area contributed by atoms with E-state index >= 15 is 0 Å². The summed E-state index contributed by atoms with van der Waals surface area (Å²) < 4.78 is 5.35. The molecule has 7 nitrogen and oxygen atoms in total. The van der Waals surface area contributed by atoms with Crippen LogP contribution in [0.4, 0.5) is 5.69 Å². The van der Waals surface area contributed by atoms with Gasteiger partial charge < -0.3 is 9.84 Å². The number of nitro benzene ring substituents is 1. The van der Waals surface area contributed by atoms with E-state index in [1.54, 1.807) is 19.9 Å². The van der Waals surface area contributed by atoms with E-state index in [1.165, 1.54) is 19.1 Å². The summed E-state index contributed by atoms with van der Waals surface area (Å²) in [5.41, 5.74) is -0.737. The Kier molecular flexibility index (Phi) is 5.04. The van der Waals surface area contributed by atoms with Crippen LogP contribution in [0.5, 0.6) is 5.75 Å². The van der Waals surface area contributed by atoms with Gasteiger partial charge in [-0.2, -0.15) is 0 Å². The van der Waals surface area contributed by atoms with Crippen LogP contribution in [0.3, 0.4) is 0 Å². The fraction of sp³-hybridized carbons (Fsp3) is 0.462. The van der Waals surface area contributed by atoms with Gasteiger partial charge in [0.25, 0.3) is 0 Å². The zero-order chi connectivity index (χ0) is 15.3. The summed E-state index contributed by atoms with van der Waals surface area (Å²) in [5.74, 6) is -1.01. The van der Waals surface area contributed by atoms with Gasteiger partial charge in [0.05, 0.1) is 4.92 Å². The van der Waals surface area contributed by atoms with Crippen molar-refractivity contribution < 1.29 is 19.6 Å². The molecule has 0 saturated heterocycles. The smallest absolute Gasteiger partial charge is 0.327 e. The van der Waals surface area contributed by atoms with Crippen molar-refractivity contribution in [1.82, 2.24) is 5.32 Å². The fourth-order valence-corrected chi connectivity index (χ4v) is 1.69. The SMILES string of the molecule is CCNC(C)(COc1ccc(C)cc1[N+](=O)[O-])C(=O)O. The summed E-state index contributed by atoms with van der Waals surface area (Å²) in [6.07, 6.45) is 0. The lowest BCUT2D eigenvalue weighted by Gasteiger charge is -2.25. The van der Waals surface area contributed by atoms with Gasteiger partial charge >= 0.3 is 11.7 Å². The van der Waals surface area contributed by atoms with E-state index in [9.17, 15) is 20.0 Å². The molecular weight excluding hydrogens is 264 g/mol. The number of rotatable bonds is 7. The predicted octanol–water partition coefficient (Wildman–Crippen LogP) is 1.73. The lowest BCUT2D eigenvalue weighted by molar-refractivity contribution is -0.386. The van der Waals surface area contributed by atoms with Crippen LogP contribution in [0.25, 0.3) is 0 Å². The molecule has 1 unspecified atom stereocenters. The van der Waals surface area contributed by atoms with E-state index in [1.807, 2.05) is 0 Å². The van der Waals surface area contributed by atoms with E-state index in [4.69, 9.17) is 4.74 Å². The minimum Gasteiger partial charge on any atom is -0.484 e. The fourth-order valence-electron chi connectivity index (χ4n) is 1.69. The highest BCUT2D eigenvalue weighted by atomic mass is 16.6. The lowest BCUT2D eigenvalue weighted by atomic mass is 10.0. The van der Waals surface area contributed by atoms with Crippen LogP contribution >= 0.6 is 0 Å². The second-order valence-electron chi connectivity index (χ2n) is 4.68. The molecule has 0 saturated carbocycles. The van der Waals surface area contributed by atoms with Gasteiger partial charge in [0.2, 0.25) is 0 Å². The van der Waals surface area contributed by atoms with Gasteiger partial charge in [-0.3, -0.25) is 20.2 Å². The van der Waals surface area contributed by atoms with Crippen molar-refractivity contribution in [2.24, 2.45) is 0 Å². The van der Waals surface area contributed by atoms with Crippen LogP contribution in [0.15, 0.2) is 18.2 Å². The summed E-state index contributed by atoms with van der Waals surface area (Å²) in [4.78, 5) is 21.6. The number of hydrogen-bond donors (Lipinski definition) is 2. The maximum Gasteiger partial charge on any atom is 0.327 e. The summed E-state index contributed by atoms with van der Waals surface area (Å²) in [7, 11) is 0. The number of carboxylic acid groups (broad SMARTS) is 1. The lowest BCUT2D eigenvalue weighted by Crippen LogP contribution is -2.53. The molecule has 0 radical (unpaired) electrons. The molecule has 2 N–H and O–H groups in total. The van der Waals surface area contributed by atoms with Gasteiger partial charge in [-0.05, 0) is 32.0 Å². The van der Waals surface area contributed by atoms with Crippen molar-refractivity contribution >= 4 is 11.7 Å². The van der Waals surface area contributed by atoms with Crippen molar-refractivity contribution in [1.29, 1.82) is 0 Å². The number of carbonyl (C=O) groups is 1. The summed E-state index contributed by atoms with van der Waals surface area (Å²) in [6.45, 7) is 5.22. The number of likely N-dealkylation sites (N-methyl/N-ethyl adjacent to an activating group) is 1. The van der Waals surface area contributed by atoms with E-state index in [-0.39, 0.29) is 18.0 Å². The Labute approximate surface area is 116 Å². The molecule has 1 aromatic carbocycles. The highest BCUT2D eigenvalue weighted by Crippen LogP contribution is 2.28. The molecule has 0 heterocycles. The van der Waals surface area contributed by atoms with Gasteiger partial charge in [0, 0.05) is 6.07 Å². The molecule has 1 atom stereocenters. The van der Waals surface area contributed by atoms with Crippen LogP contribution < -0.4 is 10.1 Å². The van der Waals surface area contributed by atoms with Crippen molar-refractivity contribution in [3.05, 3.63) is 33.9 Å². The number of carboxylic acids is 1. The van der Waals surface area contributed by atoms with Crippen molar-refractivity contribution in [2.75, 3.05) is 13.2 Å². The molecule has 110 valence electrons. The highest BCUT2D eigenvalue weighted by Gasteiger charge is 2.33. The number of aliphatic carboxylic acids is 1. The Morgan fingerprint density at radius 1 is 1.55 bits per heavy atom. The zero-order valence-electron chi connectivity index (χ0n) is 11.7. The third-order valence-corrected chi connectivity index (χ3v) is 2.87. The molecule has 20 heavy (non-hydrogen) atoms. The average molecular weight is 282 g/mol. The normalized spacial score (nSPS) is 13.6. The topological polar surface area (TPSA) is 102 Å². The Morgan fingerprint density at radius 3 is 2.70 bits per heavy atom. The van der Waals surface area contributed by atoms with Crippen molar-refractivity contribution in [3.8, 4) is 5.75 Å². The summed E-state index contributed by atoms with van der Waals surface area (Å²) in [5, 5.41) is 22.9. The molecule has 0 aliphatic carbocycles. The molecule has 1 rings (SSSR count). The Bertz CT molecular complexity index is 517. The van der Waals surface area contributed by atoms with Crippen LogP contribution in [0, 0.1) is 17.0 Å². The molecule has 0 spiro atoms. The van der Waals surface area contributed by atoms with E-state index in [0.29, 0.717) is 6.54 Å². The first kappa shape index (κ1) is 15.9. The first-order valence-corrected chi connectivity index (χ1v) is 6.16. The van der Waals surface area contributed by atoms with Gasteiger partial charge in [-0.15, -0.1) is 0 Å². The third-order valence-electron chi connectivity index (χ3n) is 2.87. The van der Waals surface area contributed by atoms with Gasteiger partial charge in [-0.1, -0.05) is 13.0 Å². The van der Waals surface area contributed by atoms with E-state index in [2.05, 4.69) is 5.32 Å². The molecule has 0 amide bonds. The molecule has 0 fully saturated rings. The van der Waals surface area contributed by atoms with Crippen LogP contribution in [0.2, 0.25) is 0 Å². The second kappa shape index (κ2) is 6.33. The largest absolute Gasteiger partial charge is 0.484 e. The molecule has 7 heteroatoms. The van der Waals surface area contributed by atoms with E-state index in [0.717, 1.165) is 5.56 Å². The van der Waals surface area contributed by atoms with Crippen molar-refractivity contribution in [3.63, 3.8) is 0 Å². The highest BCUT2D eigenvalue weighted by molar-refractivity contribution is 5.78. The molecule has 0 aliphatic rings. The number of hydrogen-bond acceptors (Lipinski definition) is 5. The minimum atomic E-state index is -1.30. The Morgan fingerprint density at radius 2 is 2.20 bits per heavy atom. The van der Waals surface area contributed by atoms with Gasteiger partial charge in [-0.25, -0.2) is 0 Å². The minimum absolute atomic E-state index is 0.0611. The second-order valence-corrected chi connectivity index (χ2v) is 4.68. The summed E-state index contributed by atoms with van der Waals surface area (Å²) >= 11 is 0. The maximum atomic E-state index is 11.2. The first-order valence-electron chi connectivity index (χ1n) is 6.16. The van der Waals surface area contributed by atoms with Gasteiger partial charge in [0.15, 0.2) is 5.75 Å². The number of ether oxygens (including phenoxy) is 1. The van der Waals surface area contributed by atoms with Gasteiger partial charge in [0.1, 0.15) is 12.1 Å². The number of benzene rings is 1. The Hall–Kier alpha value is -2.15. The van der Waals surface area contributed by atoms with Crippen LogP contribution in [0.1, 0.15) is 19.4 Å². The zero-order valence-corrected chi connectivity index (χ0v) is 11.7. The van der Waals surface area contributed by atoms with Crippen molar-refractivity contribution in [2.45, 2.75) is 26.3 Å². The van der Waals surface area contributed by atoms with Crippen LogP contribution in [-0.4, -0.2) is 34.7 Å². The van der Waals surface area contributed by atoms with E-state index < -0.39 is 16.4 Å². The number of nitrogens with zero attached hydrogens (tertiary/aromatic N) is 1. The third kappa shape index (κ3) is 3.67. The monoisotopic (exact) mass is 282 g/mol. The molecule has 0 aliphatic heterocycles. The molecule has 1 aromatic rings. The summed E-state index contributed by atoms with van der Waals surface area (Å²) in [6, 6.07) is 4.54. The Balaban J connectivity index is 2.94. The number of nitro groups is 1. The number of nitrogens with one attached hydrogen (secondary N) is 1. The predicted molar refractivity (Wildman–Crippen MR) is 73.0 cm³/mol. The quantitative estimate of drug-likeness (QED) is 0.583. The maximum absolute atomic E-state index is 11.2. The van der Waals surface area contributed by atoms with Crippen LogP contribution in [-0.2, 0) is 4.79 Å². The molecule has 0 bridgehead atoms. The molecular formula is C13H18N2O5. The first-order chi connectivity index (χ1) is 9.30. The molecule has 0 aromatic heterocycles. The average Bonchev–Trinajstić information content (AvgIpc) is 2.37. The number of aryl methyl sites for hydroxylation is 1. The standard InChI is InChI=1S/C13H18N2O5/c1-4-14-13(3,12(16)17)8-20-11-6-5-9(2)7-10(11)15(18)19/h5-7,14H,4,8H2,1-3H3,(H,16,17).